The summed E-state index contributed by atoms with van der Waals surface area (Å²) in [4.78, 5) is 0. The summed E-state index contributed by atoms with van der Waals surface area (Å²) in [6.07, 6.45) is -2.52. The fourth-order valence-electron chi connectivity index (χ4n) is 1.69. The first-order valence-corrected chi connectivity index (χ1v) is 4.14. The lowest BCUT2D eigenvalue weighted by Gasteiger charge is -2.31. The highest BCUT2D eigenvalue weighted by Gasteiger charge is 2.44. The molecular weight excluding hydrogens is 165 g/mol. The summed E-state index contributed by atoms with van der Waals surface area (Å²) in [5.74, 6) is -1.39. The van der Waals surface area contributed by atoms with Crippen LogP contribution in [0.2, 0.25) is 0 Å². The molecule has 0 heterocycles. The summed E-state index contributed by atoms with van der Waals surface area (Å²) in [6, 6.07) is 0. The van der Waals surface area contributed by atoms with Crippen molar-refractivity contribution in [3.63, 3.8) is 0 Å². The van der Waals surface area contributed by atoms with E-state index in [0.29, 0.717) is 6.42 Å². The summed E-state index contributed by atoms with van der Waals surface area (Å²) in [7, 11) is 0. The maximum atomic E-state index is 12.3. The highest BCUT2D eigenvalue weighted by atomic mass is 19.4. The molecule has 1 aliphatic carbocycles. The fraction of sp³-hybridized carbons (Fsp3) is 0.778. The highest BCUT2D eigenvalue weighted by molar-refractivity contribution is 5.02. The normalized spacial score (nSPS) is 32.2. The number of halogens is 3. The fourth-order valence-corrected chi connectivity index (χ4v) is 1.69. The maximum Gasteiger partial charge on any atom is 0.392 e. The van der Waals surface area contributed by atoms with Crippen LogP contribution in [0.4, 0.5) is 13.2 Å². The van der Waals surface area contributed by atoms with Crippen LogP contribution in [0.3, 0.4) is 0 Å². The van der Waals surface area contributed by atoms with Crippen molar-refractivity contribution in [1.82, 2.24) is 0 Å². The van der Waals surface area contributed by atoms with Gasteiger partial charge in [0.2, 0.25) is 0 Å². The molecule has 0 bridgehead atoms. The minimum atomic E-state index is -4.04. The molecule has 3 heteroatoms. The molecular formula is C9H13F3. The average Bonchev–Trinajstić information content (AvgIpc) is 1.92. The lowest BCUT2D eigenvalue weighted by molar-refractivity contribution is -0.190. The third-order valence-corrected chi connectivity index (χ3v) is 2.57. The quantitative estimate of drug-likeness (QED) is 0.498. The van der Waals surface area contributed by atoms with E-state index in [1.54, 1.807) is 6.92 Å². The Balaban J connectivity index is 2.67. The standard InChI is InChI=1S/C9H13F3/c1-6-3-4-7(2)8(5-6)9(10,11)12/h7-8H,1,3-5H2,2H3. The molecule has 0 radical (unpaired) electrons. The Labute approximate surface area is 70.5 Å². The molecule has 0 N–H and O–H groups in total. The van der Waals surface area contributed by atoms with E-state index in [1.807, 2.05) is 0 Å². The van der Waals surface area contributed by atoms with Crippen molar-refractivity contribution in [2.75, 3.05) is 0 Å². The van der Waals surface area contributed by atoms with Crippen molar-refractivity contribution in [3.8, 4) is 0 Å². The highest BCUT2D eigenvalue weighted by Crippen LogP contribution is 2.42. The molecule has 1 rings (SSSR count). The minimum absolute atomic E-state index is 0.130. The number of hydrogen-bond acceptors (Lipinski definition) is 0. The van der Waals surface area contributed by atoms with Gasteiger partial charge < -0.3 is 0 Å². The first kappa shape index (κ1) is 9.62. The van der Waals surface area contributed by atoms with Crippen molar-refractivity contribution < 1.29 is 13.2 Å². The van der Waals surface area contributed by atoms with Gasteiger partial charge in [0.05, 0.1) is 5.92 Å². The molecule has 0 saturated heterocycles. The summed E-state index contributed by atoms with van der Waals surface area (Å²) < 4.78 is 37.0. The molecule has 0 nitrogen and oxygen atoms in total. The van der Waals surface area contributed by atoms with E-state index in [-0.39, 0.29) is 12.3 Å². The van der Waals surface area contributed by atoms with Crippen LogP contribution in [0, 0.1) is 11.8 Å². The van der Waals surface area contributed by atoms with Gasteiger partial charge in [-0.05, 0) is 25.2 Å². The van der Waals surface area contributed by atoms with E-state index in [0.717, 1.165) is 12.0 Å². The molecule has 0 spiro atoms. The smallest absolute Gasteiger partial charge is 0.171 e. The van der Waals surface area contributed by atoms with Gasteiger partial charge in [-0.25, -0.2) is 0 Å². The molecule has 0 aromatic rings. The van der Waals surface area contributed by atoms with Crippen LogP contribution >= 0.6 is 0 Å². The van der Waals surface area contributed by atoms with Crippen molar-refractivity contribution in [3.05, 3.63) is 12.2 Å². The molecule has 0 aromatic carbocycles. The lowest BCUT2D eigenvalue weighted by Crippen LogP contribution is -2.31. The van der Waals surface area contributed by atoms with Gasteiger partial charge in [0, 0.05) is 0 Å². The Morgan fingerprint density at radius 1 is 1.42 bits per heavy atom. The predicted molar refractivity (Wildman–Crippen MR) is 41.7 cm³/mol. The van der Waals surface area contributed by atoms with Gasteiger partial charge in [-0.3, -0.25) is 0 Å². The zero-order valence-electron chi connectivity index (χ0n) is 7.12. The Morgan fingerprint density at radius 2 is 2.00 bits per heavy atom. The first-order chi connectivity index (χ1) is 5.41. The van der Waals surface area contributed by atoms with E-state index in [1.165, 1.54) is 0 Å². The molecule has 1 aliphatic rings. The lowest BCUT2D eigenvalue weighted by atomic mass is 9.78. The van der Waals surface area contributed by atoms with Gasteiger partial charge in [0.1, 0.15) is 0 Å². The largest absolute Gasteiger partial charge is 0.392 e. The molecule has 2 unspecified atom stereocenters. The zero-order chi connectivity index (χ0) is 9.35. The van der Waals surface area contributed by atoms with Crippen LogP contribution < -0.4 is 0 Å². The molecule has 0 aromatic heterocycles. The van der Waals surface area contributed by atoms with Gasteiger partial charge >= 0.3 is 6.18 Å². The van der Waals surface area contributed by atoms with Gasteiger partial charge in [0.25, 0.3) is 0 Å². The summed E-state index contributed by atoms with van der Waals surface area (Å²) in [6.45, 7) is 5.28. The van der Waals surface area contributed by atoms with Gasteiger partial charge in [-0.2, -0.15) is 13.2 Å². The number of hydrogen-bond donors (Lipinski definition) is 0. The van der Waals surface area contributed by atoms with Crippen LogP contribution in [-0.2, 0) is 0 Å². The minimum Gasteiger partial charge on any atom is -0.171 e. The van der Waals surface area contributed by atoms with Gasteiger partial charge in [-0.15, -0.1) is 0 Å². The Kier molecular flexibility index (Phi) is 2.49. The van der Waals surface area contributed by atoms with Crippen molar-refractivity contribution in [2.24, 2.45) is 11.8 Å². The van der Waals surface area contributed by atoms with Gasteiger partial charge in [0.15, 0.2) is 0 Å². The third-order valence-electron chi connectivity index (χ3n) is 2.57. The molecule has 1 fully saturated rings. The van der Waals surface area contributed by atoms with Crippen LogP contribution in [0.15, 0.2) is 12.2 Å². The Morgan fingerprint density at radius 3 is 2.42 bits per heavy atom. The van der Waals surface area contributed by atoms with Crippen molar-refractivity contribution in [1.29, 1.82) is 0 Å². The predicted octanol–water partition coefficient (Wildman–Crippen LogP) is 3.54. The first-order valence-electron chi connectivity index (χ1n) is 4.14. The molecule has 70 valence electrons. The monoisotopic (exact) mass is 178 g/mol. The molecule has 2 atom stereocenters. The average molecular weight is 178 g/mol. The molecule has 12 heavy (non-hydrogen) atoms. The topological polar surface area (TPSA) is 0 Å². The van der Waals surface area contributed by atoms with E-state index >= 15 is 0 Å². The number of allylic oxidation sites excluding steroid dienone is 1. The van der Waals surface area contributed by atoms with Crippen LogP contribution in [0.25, 0.3) is 0 Å². The van der Waals surface area contributed by atoms with E-state index in [2.05, 4.69) is 6.58 Å². The molecule has 0 aliphatic heterocycles. The second kappa shape index (κ2) is 3.11. The SMILES string of the molecule is C=C1CCC(C)C(C(F)(F)F)C1. The second-order valence-electron chi connectivity index (χ2n) is 3.62. The van der Waals surface area contributed by atoms with E-state index in [9.17, 15) is 13.2 Å². The zero-order valence-corrected chi connectivity index (χ0v) is 7.12. The Hall–Kier alpha value is -0.470. The maximum absolute atomic E-state index is 12.3. The number of rotatable bonds is 0. The second-order valence-corrected chi connectivity index (χ2v) is 3.62. The van der Waals surface area contributed by atoms with E-state index < -0.39 is 12.1 Å². The molecule has 1 saturated carbocycles. The van der Waals surface area contributed by atoms with Crippen LogP contribution in [0.1, 0.15) is 26.2 Å². The Bertz CT molecular complexity index is 181. The van der Waals surface area contributed by atoms with E-state index in [4.69, 9.17) is 0 Å². The summed E-state index contributed by atoms with van der Waals surface area (Å²) in [5.41, 5.74) is 0.746. The van der Waals surface area contributed by atoms with Crippen molar-refractivity contribution >= 4 is 0 Å². The van der Waals surface area contributed by atoms with Crippen LogP contribution in [0.5, 0.6) is 0 Å². The summed E-state index contributed by atoms with van der Waals surface area (Å²) in [5, 5.41) is 0. The number of alkyl halides is 3. The van der Waals surface area contributed by atoms with Gasteiger partial charge in [-0.1, -0.05) is 19.1 Å². The molecule has 0 amide bonds. The third kappa shape index (κ3) is 2.02. The van der Waals surface area contributed by atoms with Crippen molar-refractivity contribution in [2.45, 2.75) is 32.4 Å². The summed E-state index contributed by atoms with van der Waals surface area (Å²) >= 11 is 0. The van der Waals surface area contributed by atoms with Crippen LogP contribution in [-0.4, -0.2) is 6.18 Å².